The maximum absolute atomic E-state index is 13.2. The Morgan fingerprint density at radius 1 is 0.882 bits per heavy atom. The van der Waals surface area contributed by atoms with E-state index in [9.17, 15) is 18.0 Å². The minimum Gasteiger partial charge on any atom is -0.326 e. The van der Waals surface area contributed by atoms with Crippen molar-refractivity contribution in [1.29, 1.82) is 0 Å². The Labute approximate surface area is 201 Å². The van der Waals surface area contributed by atoms with Gasteiger partial charge < -0.3 is 15.5 Å². The van der Waals surface area contributed by atoms with E-state index in [-0.39, 0.29) is 22.8 Å². The first kappa shape index (κ1) is 24.2. The van der Waals surface area contributed by atoms with Gasteiger partial charge in [0.2, 0.25) is 15.9 Å². The summed E-state index contributed by atoms with van der Waals surface area (Å²) in [5.74, 6) is -0.568. The first-order chi connectivity index (χ1) is 16.3. The summed E-state index contributed by atoms with van der Waals surface area (Å²) in [5.41, 5.74) is 1.82. The predicted molar refractivity (Wildman–Crippen MR) is 132 cm³/mol. The second kappa shape index (κ2) is 10.6. The molecule has 0 bridgehead atoms. The summed E-state index contributed by atoms with van der Waals surface area (Å²) in [6.07, 6.45) is 4.17. The second-order valence-corrected chi connectivity index (χ2v) is 10.9. The number of aryl methyl sites for hydroxylation is 1. The quantitative estimate of drug-likeness (QED) is 0.669. The molecule has 0 spiro atoms. The molecule has 2 aliphatic heterocycles. The number of hydrogen-bond acceptors (Lipinski definition) is 4. The van der Waals surface area contributed by atoms with E-state index in [0.717, 1.165) is 25.7 Å². The molecule has 2 aromatic rings. The SMILES string of the molecule is Cc1ccc(NC(=O)C2CCCN(C(=O)Nc3ccccc3)C2)cc1S(=O)(=O)N1CCCCC1. The number of piperidine rings is 2. The van der Waals surface area contributed by atoms with Crippen molar-refractivity contribution in [2.75, 3.05) is 36.8 Å². The van der Waals surface area contributed by atoms with E-state index in [0.29, 0.717) is 49.5 Å². The minimum absolute atomic E-state index is 0.206. The Hall–Kier alpha value is -2.91. The van der Waals surface area contributed by atoms with Gasteiger partial charge in [-0.05, 0) is 62.4 Å². The van der Waals surface area contributed by atoms with Gasteiger partial charge in [0.05, 0.1) is 10.8 Å². The van der Waals surface area contributed by atoms with Crippen molar-refractivity contribution in [2.24, 2.45) is 5.92 Å². The fourth-order valence-corrected chi connectivity index (χ4v) is 6.31. The van der Waals surface area contributed by atoms with Crippen molar-refractivity contribution in [3.8, 4) is 0 Å². The first-order valence-corrected chi connectivity index (χ1v) is 13.3. The number of likely N-dealkylation sites (tertiary alicyclic amines) is 1. The van der Waals surface area contributed by atoms with Gasteiger partial charge in [-0.1, -0.05) is 30.7 Å². The number of carbonyl (C=O) groups excluding carboxylic acids is 2. The highest BCUT2D eigenvalue weighted by Gasteiger charge is 2.30. The van der Waals surface area contributed by atoms with Crippen molar-refractivity contribution in [3.63, 3.8) is 0 Å². The Morgan fingerprint density at radius 3 is 2.35 bits per heavy atom. The van der Waals surface area contributed by atoms with Crippen LogP contribution in [0.1, 0.15) is 37.7 Å². The molecule has 2 N–H and O–H groups in total. The van der Waals surface area contributed by atoms with Crippen molar-refractivity contribution in [2.45, 2.75) is 43.9 Å². The average molecular weight is 485 g/mol. The second-order valence-electron chi connectivity index (χ2n) is 9.02. The van der Waals surface area contributed by atoms with E-state index in [2.05, 4.69) is 10.6 Å². The van der Waals surface area contributed by atoms with Crippen LogP contribution >= 0.6 is 0 Å². The molecule has 0 radical (unpaired) electrons. The fourth-order valence-electron chi connectivity index (χ4n) is 4.54. The number of benzene rings is 2. The molecule has 2 heterocycles. The molecule has 9 heteroatoms. The van der Waals surface area contributed by atoms with Crippen molar-refractivity contribution in [1.82, 2.24) is 9.21 Å². The number of nitrogens with one attached hydrogen (secondary N) is 2. The van der Waals surface area contributed by atoms with E-state index in [1.807, 2.05) is 30.3 Å². The molecule has 3 amide bonds. The van der Waals surface area contributed by atoms with E-state index in [1.165, 1.54) is 4.31 Å². The number of nitrogens with zero attached hydrogens (tertiary/aromatic N) is 2. The first-order valence-electron chi connectivity index (χ1n) is 11.9. The molecular formula is C25H32N4O4S. The van der Waals surface area contributed by atoms with Crippen LogP contribution < -0.4 is 10.6 Å². The highest BCUT2D eigenvalue weighted by Crippen LogP contribution is 2.27. The Bertz CT molecular complexity index is 1130. The van der Waals surface area contributed by atoms with Crippen LogP contribution in [0.4, 0.5) is 16.2 Å². The molecule has 2 saturated heterocycles. The van der Waals surface area contributed by atoms with E-state index < -0.39 is 10.0 Å². The molecule has 182 valence electrons. The maximum atomic E-state index is 13.2. The number of sulfonamides is 1. The van der Waals surface area contributed by atoms with Gasteiger partial charge >= 0.3 is 6.03 Å². The van der Waals surface area contributed by atoms with Crippen LogP contribution in [0, 0.1) is 12.8 Å². The Morgan fingerprint density at radius 2 is 1.62 bits per heavy atom. The van der Waals surface area contributed by atoms with Crippen molar-refractivity contribution in [3.05, 3.63) is 54.1 Å². The Kier molecular flexibility index (Phi) is 7.53. The van der Waals surface area contributed by atoms with Crippen LogP contribution in [0.25, 0.3) is 0 Å². The maximum Gasteiger partial charge on any atom is 0.321 e. The summed E-state index contributed by atoms with van der Waals surface area (Å²) in [6, 6.07) is 14.0. The molecule has 4 rings (SSSR count). The summed E-state index contributed by atoms with van der Waals surface area (Å²) in [5, 5.41) is 5.75. The van der Waals surface area contributed by atoms with E-state index >= 15 is 0 Å². The number of amides is 3. The summed E-state index contributed by atoms with van der Waals surface area (Å²) in [6.45, 7) is 3.73. The monoisotopic (exact) mass is 484 g/mol. The van der Waals surface area contributed by atoms with Crippen LogP contribution in [0.5, 0.6) is 0 Å². The molecule has 2 aliphatic rings. The zero-order valence-corrected chi connectivity index (χ0v) is 20.3. The lowest BCUT2D eigenvalue weighted by molar-refractivity contribution is -0.121. The number of rotatable bonds is 5. The lowest BCUT2D eigenvalue weighted by Gasteiger charge is -2.32. The van der Waals surface area contributed by atoms with E-state index in [4.69, 9.17) is 0 Å². The van der Waals surface area contributed by atoms with Gasteiger partial charge in [0.1, 0.15) is 0 Å². The van der Waals surface area contributed by atoms with Crippen molar-refractivity contribution < 1.29 is 18.0 Å². The molecular weight excluding hydrogens is 452 g/mol. The molecule has 8 nitrogen and oxygen atoms in total. The highest BCUT2D eigenvalue weighted by molar-refractivity contribution is 7.89. The summed E-state index contributed by atoms with van der Waals surface area (Å²) < 4.78 is 27.9. The topological polar surface area (TPSA) is 98.8 Å². The van der Waals surface area contributed by atoms with Crippen LogP contribution in [-0.2, 0) is 14.8 Å². The third kappa shape index (κ3) is 5.59. The highest BCUT2D eigenvalue weighted by atomic mass is 32.2. The molecule has 0 aromatic heterocycles. The average Bonchev–Trinajstić information content (AvgIpc) is 2.86. The van der Waals surface area contributed by atoms with E-state index in [1.54, 1.807) is 30.0 Å². The third-order valence-corrected chi connectivity index (χ3v) is 8.53. The summed E-state index contributed by atoms with van der Waals surface area (Å²) in [7, 11) is -3.60. The standard InChI is InChI=1S/C25H32N4O4S/c1-19-12-13-22(17-23(19)34(32,33)29-15-6-3-7-16-29)26-24(30)20-9-8-14-28(18-20)25(31)27-21-10-4-2-5-11-21/h2,4-5,10-13,17,20H,3,6-9,14-16,18H2,1H3,(H,26,30)(H,27,31). The normalized spacial score (nSPS) is 19.4. The predicted octanol–water partition coefficient (Wildman–Crippen LogP) is 4.05. The number of para-hydroxylation sites is 1. The zero-order chi connectivity index (χ0) is 24.1. The number of hydrogen-bond donors (Lipinski definition) is 2. The molecule has 1 atom stereocenters. The number of anilines is 2. The smallest absolute Gasteiger partial charge is 0.321 e. The summed E-state index contributed by atoms with van der Waals surface area (Å²) >= 11 is 0. The van der Waals surface area contributed by atoms with Crippen molar-refractivity contribution >= 4 is 33.3 Å². The van der Waals surface area contributed by atoms with Crippen LogP contribution in [0.2, 0.25) is 0 Å². The summed E-state index contributed by atoms with van der Waals surface area (Å²) in [4.78, 5) is 27.6. The van der Waals surface area contributed by atoms with Gasteiger partial charge in [-0.25, -0.2) is 13.2 Å². The lowest BCUT2D eigenvalue weighted by Crippen LogP contribution is -2.45. The molecule has 34 heavy (non-hydrogen) atoms. The lowest BCUT2D eigenvalue weighted by atomic mass is 9.97. The third-order valence-electron chi connectivity index (χ3n) is 6.49. The van der Waals surface area contributed by atoms with Gasteiger partial charge in [0, 0.05) is 37.6 Å². The van der Waals surface area contributed by atoms with Gasteiger partial charge in [-0.2, -0.15) is 4.31 Å². The Balaban J connectivity index is 1.42. The number of urea groups is 1. The molecule has 2 aromatic carbocycles. The minimum atomic E-state index is -3.60. The van der Waals surface area contributed by atoms with Gasteiger partial charge in [0.15, 0.2) is 0 Å². The molecule has 2 fully saturated rings. The largest absolute Gasteiger partial charge is 0.326 e. The van der Waals surface area contributed by atoms with Gasteiger partial charge in [-0.15, -0.1) is 0 Å². The fraction of sp³-hybridized carbons (Fsp3) is 0.440. The van der Waals surface area contributed by atoms with Crippen LogP contribution in [0.3, 0.4) is 0 Å². The zero-order valence-electron chi connectivity index (χ0n) is 19.5. The number of carbonyl (C=O) groups is 2. The van der Waals surface area contributed by atoms with Crippen LogP contribution in [-0.4, -0.2) is 55.7 Å². The molecule has 0 aliphatic carbocycles. The van der Waals surface area contributed by atoms with Gasteiger partial charge in [0.25, 0.3) is 0 Å². The molecule has 1 unspecified atom stereocenters. The van der Waals surface area contributed by atoms with Gasteiger partial charge in [-0.3, -0.25) is 4.79 Å². The molecule has 0 saturated carbocycles. The van der Waals surface area contributed by atoms with Crippen LogP contribution in [0.15, 0.2) is 53.4 Å².